The first-order chi connectivity index (χ1) is 19.9. The summed E-state index contributed by atoms with van der Waals surface area (Å²) in [5.41, 5.74) is 4.24. The van der Waals surface area contributed by atoms with Gasteiger partial charge in [0.15, 0.2) is 5.54 Å². The lowest BCUT2D eigenvalue weighted by Crippen LogP contribution is -2.57. The van der Waals surface area contributed by atoms with Crippen LogP contribution in [0.4, 0.5) is 4.79 Å². The van der Waals surface area contributed by atoms with E-state index in [2.05, 4.69) is 34.9 Å². The lowest BCUT2D eigenvalue weighted by molar-refractivity contribution is -0.147. The molecule has 9 heteroatoms. The molecule has 9 nitrogen and oxygen atoms in total. The van der Waals surface area contributed by atoms with Crippen molar-refractivity contribution in [3.63, 3.8) is 0 Å². The molecule has 3 aromatic carbocycles. The van der Waals surface area contributed by atoms with Crippen LogP contribution in [0.25, 0.3) is 11.1 Å². The molecule has 0 radical (unpaired) electrons. The number of likely N-dealkylation sites (tertiary alicyclic amines) is 1. The third-order valence-electron chi connectivity index (χ3n) is 7.95. The number of carbonyl (C=O) groups excluding carboxylic acids is 2. The van der Waals surface area contributed by atoms with E-state index < -0.39 is 29.6 Å². The maximum absolute atomic E-state index is 12.9. The van der Waals surface area contributed by atoms with E-state index in [1.54, 1.807) is 0 Å². The highest BCUT2D eigenvalue weighted by Crippen LogP contribution is 2.44. The van der Waals surface area contributed by atoms with E-state index in [0.29, 0.717) is 19.5 Å². The number of carboxylic acids is 1. The fraction of sp³-hybridized carbons (Fsp3) is 0.344. The normalized spacial score (nSPS) is 18.8. The lowest BCUT2D eigenvalue weighted by atomic mass is 9.98. The predicted molar refractivity (Wildman–Crippen MR) is 153 cm³/mol. The van der Waals surface area contributed by atoms with Gasteiger partial charge in [0.25, 0.3) is 0 Å². The Kier molecular flexibility index (Phi) is 8.66. The Morgan fingerprint density at radius 2 is 1.61 bits per heavy atom. The van der Waals surface area contributed by atoms with Crippen molar-refractivity contribution >= 4 is 18.0 Å². The quantitative estimate of drug-likeness (QED) is 0.329. The number of hydrogen-bond donors (Lipinski definition) is 3. The fourth-order valence-corrected chi connectivity index (χ4v) is 5.81. The molecule has 0 saturated carbocycles. The molecule has 1 fully saturated rings. The number of carboxylic acid groups (broad SMARTS) is 1. The first-order valence-electron chi connectivity index (χ1n) is 13.8. The maximum atomic E-state index is 12.9. The molecule has 5 rings (SSSR count). The van der Waals surface area contributed by atoms with E-state index in [4.69, 9.17) is 9.47 Å². The number of benzene rings is 3. The van der Waals surface area contributed by atoms with E-state index >= 15 is 0 Å². The molecule has 0 bridgehead atoms. The van der Waals surface area contributed by atoms with Gasteiger partial charge in [0.1, 0.15) is 6.61 Å². The summed E-state index contributed by atoms with van der Waals surface area (Å²) in [5, 5.41) is 15.4. The summed E-state index contributed by atoms with van der Waals surface area (Å²) >= 11 is 0. The van der Waals surface area contributed by atoms with Crippen molar-refractivity contribution in [1.29, 1.82) is 0 Å². The SMILES string of the molecule is COC(CNC(=O)OCC1c2ccccc2-c2ccccc21)CC(=O)NC1(C(=O)O)CCN(Cc2ccccc2)C1. The number of nitrogens with zero attached hydrogens (tertiary/aromatic N) is 1. The van der Waals surface area contributed by atoms with Gasteiger partial charge in [0.2, 0.25) is 5.91 Å². The van der Waals surface area contributed by atoms with Crippen LogP contribution in [0, 0.1) is 0 Å². The maximum Gasteiger partial charge on any atom is 0.407 e. The minimum Gasteiger partial charge on any atom is -0.479 e. The number of fused-ring (bicyclic) bond motifs is 3. The highest BCUT2D eigenvalue weighted by atomic mass is 16.5. The topological polar surface area (TPSA) is 117 Å². The number of rotatable bonds is 11. The third kappa shape index (κ3) is 6.42. The average Bonchev–Trinajstić information content (AvgIpc) is 3.54. The number of nitrogens with one attached hydrogen (secondary N) is 2. The summed E-state index contributed by atoms with van der Waals surface area (Å²) in [6.07, 6.45) is -1.06. The monoisotopic (exact) mass is 557 g/mol. The number of aliphatic carboxylic acids is 1. The molecule has 1 heterocycles. The van der Waals surface area contributed by atoms with Crippen LogP contribution in [-0.2, 0) is 25.6 Å². The third-order valence-corrected chi connectivity index (χ3v) is 7.95. The molecule has 1 saturated heterocycles. The Morgan fingerprint density at radius 3 is 2.24 bits per heavy atom. The van der Waals surface area contributed by atoms with Gasteiger partial charge in [-0.3, -0.25) is 9.69 Å². The zero-order valence-electron chi connectivity index (χ0n) is 23.0. The van der Waals surface area contributed by atoms with Crippen molar-refractivity contribution in [2.24, 2.45) is 0 Å². The highest BCUT2D eigenvalue weighted by Gasteiger charge is 2.46. The second kappa shape index (κ2) is 12.5. The van der Waals surface area contributed by atoms with Gasteiger partial charge in [-0.1, -0.05) is 78.9 Å². The number of hydrogen-bond acceptors (Lipinski definition) is 6. The molecule has 0 spiro atoms. The summed E-state index contributed by atoms with van der Waals surface area (Å²) in [6, 6.07) is 26.0. The van der Waals surface area contributed by atoms with Crippen molar-refractivity contribution in [1.82, 2.24) is 15.5 Å². The van der Waals surface area contributed by atoms with E-state index in [-0.39, 0.29) is 32.0 Å². The van der Waals surface area contributed by atoms with Crippen molar-refractivity contribution in [2.75, 3.05) is 33.4 Å². The van der Waals surface area contributed by atoms with Crippen LogP contribution in [0.1, 0.15) is 35.4 Å². The minimum absolute atomic E-state index is 0.0425. The lowest BCUT2D eigenvalue weighted by Gasteiger charge is -2.27. The number of methoxy groups -OCH3 is 1. The zero-order chi connectivity index (χ0) is 28.8. The molecule has 2 aliphatic rings. The number of alkyl carbamates (subject to hydrolysis) is 1. The van der Waals surface area contributed by atoms with Gasteiger partial charge in [-0.25, -0.2) is 9.59 Å². The molecule has 1 aliphatic heterocycles. The van der Waals surface area contributed by atoms with Crippen molar-refractivity contribution < 1.29 is 29.0 Å². The van der Waals surface area contributed by atoms with Gasteiger partial charge in [0.05, 0.1) is 12.5 Å². The second-order valence-corrected chi connectivity index (χ2v) is 10.6. The van der Waals surface area contributed by atoms with Gasteiger partial charge < -0.3 is 25.2 Å². The van der Waals surface area contributed by atoms with E-state index in [0.717, 1.165) is 27.8 Å². The van der Waals surface area contributed by atoms with Crippen LogP contribution in [0.5, 0.6) is 0 Å². The van der Waals surface area contributed by atoms with Crippen LogP contribution >= 0.6 is 0 Å². The molecule has 2 amide bonds. The second-order valence-electron chi connectivity index (χ2n) is 10.6. The van der Waals surface area contributed by atoms with Crippen molar-refractivity contribution in [3.8, 4) is 11.1 Å². The fourth-order valence-electron chi connectivity index (χ4n) is 5.81. The Hall–Kier alpha value is -4.21. The Balaban J connectivity index is 1.11. The van der Waals surface area contributed by atoms with E-state index in [1.165, 1.54) is 7.11 Å². The summed E-state index contributed by atoms with van der Waals surface area (Å²) in [6.45, 7) is 1.59. The molecular weight excluding hydrogens is 522 g/mol. The first-order valence-corrected chi connectivity index (χ1v) is 13.8. The number of ether oxygens (including phenoxy) is 2. The van der Waals surface area contributed by atoms with Gasteiger partial charge >= 0.3 is 12.1 Å². The molecule has 214 valence electrons. The van der Waals surface area contributed by atoms with Gasteiger partial charge in [-0.15, -0.1) is 0 Å². The number of amides is 2. The standard InChI is InChI=1S/C32H35N3O6/c1-40-23(17-29(36)34-32(30(37)38)15-16-35(21-32)19-22-9-3-2-4-10-22)18-33-31(39)41-20-28-26-13-7-5-11-24(26)25-12-6-8-14-27(25)28/h2-14,23,28H,15-21H2,1H3,(H,33,39)(H,34,36)(H,37,38). The minimum atomic E-state index is -1.37. The molecule has 2 atom stereocenters. The predicted octanol–water partition coefficient (Wildman–Crippen LogP) is 3.78. The molecule has 3 N–H and O–H groups in total. The van der Waals surface area contributed by atoms with Crippen molar-refractivity contribution in [3.05, 3.63) is 95.6 Å². The zero-order valence-corrected chi connectivity index (χ0v) is 23.0. The Morgan fingerprint density at radius 1 is 0.976 bits per heavy atom. The summed E-state index contributed by atoms with van der Waals surface area (Å²) in [5.74, 6) is -1.57. The van der Waals surface area contributed by atoms with Crippen LogP contribution < -0.4 is 10.6 Å². The molecule has 3 aromatic rings. The summed E-state index contributed by atoms with van der Waals surface area (Å²) in [7, 11) is 1.45. The van der Waals surface area contributed by atoms with E-state index in [1.807, 2.05) is 59.5 Å². The molecule has 0 aromatic heterocycles. The van der Waals surface area contributed by atoms with Crippen molar-refractivity contribution in [2.45, 2.75) is 36.9 Å². The van der Waals surface area contributed by atoms with E-state index in [9.17, 15) is 19.5 Å². The number of carbonyl (C=O) groups is 3. The smallest absolute Gasteiger partial charge is 0.407 e. The van der Waals surface area contributed by atoms with Gasteiger partial charge in [0, 0.05) is 39.2 Å². The summed E-state index contributed by atoms with van der Waals surface area (Å²) in [4.78, 5) is 39.7. The molecule has 2 unspecified atom stereocenters. The van der Waals surface area contributed by atoms with Crippen LogP contribution in [0.15, 0.2) is 78.9 Å². The summed E-state index contributed by atoms with van der Waals surface area (Å²) < 4.78 is 11.0. The van der Waals surface area contributed by atoms with Crippen LogP contribution in [0.3, 0.4) is 0 Å². The van der Waals surface area contributed by atoms with Crippen LogP contribution in [-0.4, -0.2) is 73.0 Å². The molecular formula is C32H35N3O6. The highest BCUT2D eigenvalue weighted by molar-refractivity contribution is 5.88. The largest absolute Gasteiger partial charge is 0.479 e. The van der Waals surface area contributed by atoms with Gasteiger partial charge in [-0.05, 0) is 34.2 Å². The van der Waals surface area contributed by atoms with Gasteiger partial charge in [-0.2, -0.15) is 0 Å². The Bertz CT molecular complexity index is 1350. The Labute approximate surface area is 239 Å². The molecule has 1 aliphatic carbocycles. The van der Waals surface area contributed by atoms with Crippen LogP contribution in [0.2, 0.25) is 0 Å². The average molecular weight is 558 g/mol. The molecule has 41 heavy (non-hydrogen) atoms. The first kappa shape index (κ1) is 28.3.